The number of benzene rings is 2. The molecule has 0 radical (unpaired) electrons. The number of fused-ring (bicyclic) bond motifs is 1. The first-order chi connectivity index (χ1) is 11.1. The summed E-state index contributed by atoms with van der Waals surface area (Å²) < 4.78 is 0. The fourth-order valence-electron chi connectivity index (χ4n) is 3.01. The molecule has 0 aliphatic heterocycles. The van der Waals surface area contributed by atoms with E-state index in [1.165, 1.54) is 27.5 Å². The molecule has 2 heteroatoms. The number of pyridine rings is 1. The highest BCUT2D eigenvalue weighted by atomic mass is 14.9. The maximum atomic E-state index is 4.79. The molecule has 0 amide bonds. The number of aromatic nitrogens is 1. The minimum atomic E-state index is 0.851. The molecule has 3 aromatic rings. The fraction of sp³-hybridized carbons (Fsp3) is 0.190. The molecule has 0 aliphatic rings. The zero-order chi connectivity index (χ0) is 16.4. The van der Waals surface area contributed by atoms with Crippen LogP contribution in [0.15, 0.2) is 55.1 Å². The van der Waals surface area contributed by atoms with Gasteiger partial charge >= 0.3 is 0 Å². The SMILES string of the molecule is C=C(NCC)c1nc(C)c2cc(-c3ccccc3)ccc2c1C. The summed E-state index contributed by atoms with van der Waals surface area (Å²) in [5.41, 5.74) is 6.52. The van der Waals surface area contributed by atoms with Crippen molar-refractivity contribution in [3.8, 4) is 11.1 Å². The molecule has 0 saturated heterocycles. The van der Waals surface area contributed by atoms with Gasteiger partial charge in [0.15, 0.2) is 0 Å². The van der Waals surface area contributed by atoms with Gasteiger partial charge in [-0.1, -0.05) is 49.0 Å². The Morgan fingerprint density at radius 3 is 2.43 bits per heavy atom. The van der Waals surface area contributed by atoms with Crippen LogP contribution >= 0.6 is 0 Å². The predicted octanol–water partition coefficient (Wildman–Crippen LogP) is 5.10. The monoisotopic (exact) mass is 302 g/mol. The molecule has 116 valence electrons. The van der Waals surface area contributed by atoms with Gasteiger partial charge in [-0.15, -0.1) is 0 Å². The van der Waals surface area contributed by atoms with E-state index in [0.29, 0.717) is 0 Å². The zero-order valence-corrected chi connectivity index (χ0v) is 14.0. The van der Waals surface area contributed by atoms with Crippen LogP contribution in [0.4, 0.5) is 0 Å². The molecule has 0 unspecified atom stereocenters. The van der Waals surface area contributed by atoms with Crippen molar-refractivity contribution in [2.45, 2.75) is 20.8 Å². The maximum absolute atomic E-state index is 4.79. The lowest BCUT2D eigenvalue weighted by Crippen LogP contribution is -2.12. The molecule has 1 heterocycles. The van der Waals surface area contributed by atoms with E-state index in [0.717, 1.165) is 23.6 Å². The summed E-state index contributed by atoms with van der Waals surface area (Å²) in [7, 11) is 0. The predicted molar refractivity (Wildman–Crippen MR) is 99.4 cm³/mol. The molecular formula is C21H22N2. The van der Waals surface area contributed by atoms with Gasteiger partial charge in [-0.25, -0.2) is 0 Å². The Morgan fingerprint density at radius 2 is 1.74 bits per heavy atom. The van der Waals surface area contributed by atoms with E-state index < -0.39 is 0 Å². The Labute approximate surface area is 137 Å². The topological polar surface area (TPSA) is 24.9 Å². The Hall–Kier alpha value is -2.61. The molecule has 0 spiro atoms. The highest BCUT2D eigenvalue weighted by Crippen LogP contribution is 2.30. The summed E-state index contributed by atoms with van der Waals surface area (Å²) in [5, 5.41) is 5.72. The molecule has 1 aromatic heterocycles. The van der Waals surface area contributed by atoms with Crippen LogP contribution < -0.4 is 5.32 Å². The second kappa shape index (κ2) is 6.25. The lowest BCUT2D eigenvalue weighted by atomic mass is 9.97. The number of hydrogen-bond donors (Lipinski definition) is 1. The minimum absolute atomic E-state index is 0.851. The first kappa shape index (κ1) is 15.3. The van der Waals surface area contributed by atoms with Gasteiger partial charge in [-0.2, -0.15) is 0 Å². The quantitative estimate of drug-likeness (QED) is 0.725. The van der Waals surface area contributed by atoms with Crippen LogP contribution in [0.3, 0.4) is 0 Å². The van der Waals surface area contributed by atoms with E-state index >= 15 is 0 Å². The molecule has 0 bridgehead atoms. The molecule has 23 heavy (non-hydrogen) atoms. The van der Waals surface area contributed by atoms with Crippen LogP contribution in [-0.4, -0.2) is 11.5 Å². The van der Waals surface area contributed by atoms with Crippen molar-refractivity contribution in [2.75, 3.05) is 6.54 Å². The summed E-state index contributed by atoms with van der Waals surface area (Å²) in [6.45, 7) is 11.2. The van der Waals surface area contributed by atoms with Gasteiger partial charge in [0.1, 0.15) is 0 Å². The lowest BCUT2D eigenvalue weighted by Gasteiger charge is -2.15. The molecule has 0 fully saturated rings. The van der Waals surface area contributed by atoms with Crippen LogP contribution in [-0.2, 0) is 0 Å². The Bertz CT molecular complexity index is 864. The van der Waals surface area contributed by atoms with Gasteiger partial charge in [0.05, 0.1) is 11.4 Å². The molecule has 3 rings (SSSR count). The van der Waals surface area contributed by atoms with Crippen LogP contribution in [0.25, 0.3) is 27.6 Å². The third kappa shape index (κ3) is 2.85. The fourth-order valence-corrected chi connectivity index (χ4v) is 3.01. The van der Waals surface area contributed by atoms with Gasteiger partial charge in [0, 0.05) is 17.6 Å². The van der Waals surface area contributed by atoms with Gasteiger partial charge in [-0.05, 0) is 48.9 Å². The lowest BCUT2D eigenvalue weighted by molar-refractivity contribution is 0.929. The second-order valence-electron chi connectivity index (χ2n) is 5.81. The number of aryl methyl sites for hydroxylation is 2. The molecular weight excluding hydrogens is 280 g/mol. The maximum Gasteiger partial charge on any atom is 0.0893 e. The Kier molecular flexibility index (Phi) is 4.16. The van der Waals surface area contributed by atoms with E-state index in [1.807, 2.05) is 6.07 Å². The average molecular weight is 302 g/mol. The first-order valence-electron chi connectivity index (χ1n) is 8.01. The number of hydrogen-bond acceptors (Lipinski definition) is 2. The van der Waals surface area contributed by atoms with Crippen molar-refractivity contribution in [1.82, 2.24) is 10.3 Å². The van der Waals surface area contributed by atoms with Gasteiger partial charge in [0.2, 0.25) is 0 Å². The first-order valence-corrected chi connectivity index (χ1v) is 8.01. The van der Waals surface area contributed by atoms with Crippen molar-refractivity contribution < 1.29 is 0 Å². The minimum Gasteiger partial charge on any atom is -0.384 e. The highest BCUT2D eigenvalue weighted by molar-refractivity contribution is 5.93. The zero-order valence-electron chi connectivity index (χ0n) is 14.0. The summed E-state index contributed by atoms with van der Waals surface area (Å²) in [4.78, 5) is 4.79. The average Bonchev–Trinajstić information content (AvgIpc) is 2.58. The number of nitrogens with one attached hydrogen (secondary N) is 1. The summed E-state index contributed by atoms with van der Waals surface area (Å²) in [6.07, 6.45) is 0. The summed E-state index contributed by atoms with van der Waals surface area (Å²) in [5.74, 6) is 0. The van der Waals surface area contributed by atoms with E-state index in [9.17, 15) is 0 Å². The standard InChI is InChI=1S/C21H22N2/c1-5-22-16(4)21-14(2)19-12-11-18(13-20(19)15(3)23-21)17-9-7-6-8-10-17/h6-13,22H,4-5H2,1-3H3. The van der Waals surface area contributed by atoms with Crippen molar-refractivity contribution >= 4 is 16.5 Å². The van der Waals surface area contributed by atoms with Crippen molar-refractivity contribution in [3.63, 3.8) is 0 Å². The van der Waals surface area contributed by atoms with Crippen LogP contribution in [0.2, 0.25) is 0 Å². The van der Waals surface area contributed by atoms with Crippen molar-refractivity contribution in [2.24, 2.45) is 0 Å². The van der Waals surface area contributed by atoms with E-state index in [4.69, 9.17) is 4.98 Å². The number of rotatable bonds is 4. The highest BCUT2D eigenvalue weighted by Gasteiger charge is 2.11. The van der Waals surface area contributed by atoms with E-state index in [-0.39, 0.29) is 0 Å². The summed E-state index contributed by atoms with van der Waals surface area (Å²) >= 11 is 0. The molecule has 0 atom stereocenters. The molecule has 1 N–H and O–H groups in total. The van der Waals surface area contributed by atoms with Crippen molar-refractivity contribution in [3.05, 3.63) is 72.1 Å². The molecule has 0 aliphatic carbocycles. The van der Waals surface area contributed by atoms with Gasteiger partial charge < -0.3 is 5.32 Å². The third-order valence-electron chi connectivity index (χ3n) is 4.23. The Morgan fingerprint density at radius 1 is 1.00 bits per heavy atom. The van der Waals surface area contributed by atoms with Crippen molar-refractivity contribution in [1.29, 1.82) is 0 Å². The van der Waals surface area contributed by atoms with Crippen LogP contribution in [0, 0.1) is 13.8 Å². The molecule has 2 nitrogen and oxygen atoms in total. The Balaban J connectivity index is 2.17. The van der Waals surface area contributed by atoms with Gasteiger partial charge in [0.25, 0.3) is 0 Å². The van der Waals surface area contributed by atoms with E-state index in [1.54, 1.807) is 0 Å². The second-order valence-corrected chi connectivity index (χ2v) is 5.81. The molecule has 2 aromatic carbocycles. The largest absolute Gasteiger partial charge is 0.384 e. The van der Waals surface area contributed by atoms with Gasteiger partial charge in [-0.3, -0.25) is 4.98 Å². The normalized spacial score (nSPS) is 10.7. The third-order valence-corrected chi connectivity index (χ3v) is 4.23. The van der Waals surface area contributed by atoms with Crippen LogP contribution in [0.1, 0.15) is 23.9 Å². The summed E-state index contributed by atoms with van der Waals surface area (Å²) in [6, 6.07) is 17.1. The van der Waals surface area contributed by atoms with E-state index in [2.05, 4.69) is 75.1 Å². The smallest absolute Gasteiger partial charge is 0.0893 e. The van der Waals surface area contributed by atoms with Crippen LogP contribution in [0.5, 0.6) is 0 Å². The molecule has 0 saturated carbocycles. The number of nitrogens with zero attached hydrogens (tertiary/aromatic N) is 1.